The van der Waals surface area contributed by atoms with E-state index in [1.807, 2.05) is 12.1 Å². The summed E-state index contributed by atoms with van der Waals surface area (Å²) in [6, 6.07) is 12.2. The average molecular weight is 325 g/mol. The maximum Gasteiger partial charge on any atom is 0.283 e. The normalized spacial score (nSPS) is 15.8. The highest BCUT2D eigenvalue weighted by molar-refractivity contribution is 5.53. The second kappa shape index (κ2) is 6.49. The summed E-state index contributed by atoms with van der Waals surface area (Å²) in [6.07, 6.45) is 1.61. The molecule has 1 saturated heterocycles. The Kier molecular flexibility index (Phi) is 4.04. The molecule has 0 spiro atoms. The van der Waals surface area contributed by atoms with Gasteiger partial charge in [0.15, 0.2) is 12.3 Å². The molecular formula is C18H21N4O2+. The molecular weight excluding hydrogens is 304 g/mol. The molecule has 0 amide bonds. The van der Waals surface area contributed by atoms with Crippen LogP contribution in [0.1, 0.15) is 11.5 Å². The largest absolute Gasteiger partial charge is 0.459 e. The maximum atomic E-state index is 5.71. The third-order valence-corrected chi connectivity index (χ3v) is 4.53. The van der Waals surface area contributed by atoms with Crippen molar-refractivity contribution in [3.8, 4) is 11.7 Å². The van der Waals surface area contributed by atoms with Gasteiger partial charge in [-0.2, -0.15) is 0 Å². The monoisotopic (exact) mass is 325 g/mol. The van der Waals surface area contributed by atoms with Crippen LogP contribution in [0.2, 0.25) is 0 Å². The Labute approximate surface area is 140 Å². The average Bonchev–Trinajstić information content (AvgIpc) is 3.27. The lowest BCUT2D eigenvalue weighted by Gasteiger charge is -2.33. The van der Waals surface area contributed by atoms with Crippen LogP contribution in [0.5, 0.6) is 0 Å². The summed E-state index contributed by atoms with van der Waals surface area (Å²) in [4.78, 5) is 3.93. The van der Waals surface area contributed by atoms with Crippen LogP contribution in [0.25, 0.3) is 11.7 Å². The van der Waals surface area contributed by atoms with Gasteiger partial charge in [0.25, 0.3) is 11.8 Å². The number of nitrogens with one attached hydrogen (secondary N) is 1. The van der Waals surface area contributed by atoms with Crippen molar-refractivity contribution in [2.24, 2.45) is 0 Å². The van der Waals surface area contributed by atoms with Crippen molar-refractivity contribution in [3.63, 3.8) is 0 Å². The molecule has 0 aliphatic carbocycles. The molecule has 1 fully saturated rings. The Balaban J connectivity index is 1.36. The molecule has 1 aliphatic rings. The van der Waals surface area contributed by atoms with Gasteiger partial charge in [-0.25, -0.2) is 0 Å². The summed E-state index contributed by atoms with van der Waals surface area (Å²) in [5.41, 5.74) is 2.68. The van der Waals surface area contributed by atoms with Crippen LogP contribution in [0, 0.1) is 6.92 Å². The summed E-state index contributed by atoms with van der Waals surface area (Å²) in [5, 5.41) is 8.21. The van der Waals surface area contributed by atoms with Crippen molar-refractivity contribution >= 4 is 5.69 Å². The van der Waals surface area contributed by atoms with Gasteiger partial charge < -0.3 is 18.6 Å². The van der Waals surface area contributed by atoms with Gasteiger partial charge in [0, 0.05) is 5.69 Å². The van der Waals surface area contributed by atoms with E-state index in [9.17, 15) is 0 Å². The number of hydrogen-bond donors (Lipinski definition) is 1. The molecule has 24 heavy (non-hydrogen) atoms. The first-order valence-electron chi connectivity index (χ1n) is 8.30. The molecule has 2 aromatic heterocycles. The minimum atomic E-state index is 0.452. The molecule has 3 heterocycles. The number of piperazine rings is 1. The van der Waals surface area contributed by atoms with Crippen LogP contribution in [-0.4, -0.2) is 36.4 Å². The van der Waals surface area contributed by atoms with Gasteiger partial charge in [-0.3, -0.25) is 0 Å². The maximum absolute atomic E-state index is 5.71. The molecule has 1 aliphatic heterocycles. The fourth-order valence-corrected chi connectivity index (χ4v) is 3.20. The predicted octanol–water partition coefficient (Wildman–Crippen LogP) is 1.54. The lowest BCUT2D eigenvalue weighted by atomic mass is 10.1. The number of hydrogen-bond acceptors (Lipinski definition) is 5. The standard InChI is InChI=1S/C18H20N4O2/c1-14-5-2-3-6-15(14)22-10-8-21(9-11-22)13-17-19-20-18(24-17)16-7-4-12-23-16/h2-7,12H,8-11,13H2,1H3/p+1. The van der Waals surface area contributed by atoms with E-state index in [1.165, 1.54) is 16.2 Å². The van der Waals surface area contributed by atoms with Crippen molar-refractivity contribution < 1.29 is 13.7 Å². The van der Waals surface area contributed by atoms with Gasteiger partial charge >= 0.3 is 0 Å². The Morgan fingerprint density at radius 3 is 2.67 bits per heavy atom. The highest BCUT2D eigenvalue weighted by Gasteiger charge is 2.23. The molecule has 0 bridgehead atoms. The first kappa shape index (κ1) is 15.0. The van der Waals surface area contributed by atoms with Crippen LogP contribution in [0.4, 0.5) is 5.69 Å². The summed E-state index contributed by atoms with van der Waals surface area (Å²) < 4.78 is 11.0. The van der Waals surface area contributed by atoms with Crippen molar-refractivity contribution in [1.82, 2.24) is 10.2 Å². The quantitative estimate of drug-likeness (QED) is 0.788. The molecule has 4 rings (SSSR count). The highest BCUT2D eigenvalue weighted by atomic mass is 16.4. The summed E-state index contributed by atoms with van der Waals surface area (Å²) in [7, 11) is 0. The fourth-order valence-electron chi connectivity index (χ4n) is 3.20. The molecule has 6 nitrogen and oxygen atoms in total. The van der Waals surface area contributed by atoms with E-state index in [1.54, 1.807) is 6.26 Å². The first-order chi connectivity index (χ1) is 11.8. The van der Waals surface area contributed by atoms with E-state index in [-0.39, 0.29) is 0 Å². The van der Waals surface area contributed by atoms with E-state index in [2.05, 4.69) is 46.3 Å². The van der Waals surface area contributed by atoms with E-state index >= 15 is 0 Å². The van der Waals surface area contributed by atoms with E-state index in [0.29, 0.717) is 17.5 Å². The lowest BCUT2D eigenvalue weighted by molar-refractivity contribution is -0.915. The Hall–Kier alpha value is -2.60. The van der Waals surface area contributed by atoms with Crippen molar-refractivity contribution in [2.45, 2.75) is 13.5 Å². The van der Waals surface area contributed by atoms with Crippen LogP contribution >= 0.6 is 0 Å². The molecule has 0 unspecified atom stereocenters. The first-order valence-corrected chi connectivity index (χ1v) is 8.30. The number of aryl methyl sites for hydroxylation is 1. The zero-order valence-corrected chi connectivity index (χ0v) is 13.7. The summed E-state index contributed by atoms with van der Waals surface area (Å²) >= 11 is 0. The molecule has 3 aromatic rings. The van der Waals surface area contributed by atoms with Gasteiger partial charge in [-0.05, 0) is 30.7 Å². The van der Waals surface area contributed by atoms with Crippen LogP contribution in [0.15, 0.2) is 51.5 Å². The van der Waals surface area contributed by atoms with Gasteiger partial charge in [-0.15, -0.1) is 10.2 Å². The number of nitrogens with zero attached hydrogens (tertiary/aromatic N) is 3. The smallest absolute Gasteiger partial charge is 0.283 e. The molecule has 0 saturated carbocycles. The third-order valence-electron chi connectivity index (χ3n) is 4.53. The van der Waals surface area contributed by atoms with E-state index in [0.717, 1.165) is 32.7 Å². The molecule has 124 valence electrons. The van der Waals surface area contributed by atoms with Crippen LogP contribution < -0.4 is 9.80 Å². The fraction of sp³-hybridized carbons (Fsp3) is 0.333. The Morgan fingerprint density at radius 1 is 1.08 bits per heavy atom. The van der Waals surface area contributed by atoms with Gasteiger partial charge in [-0.1, -0.05) is 18.2 Å². The Bertz CT molecular complexity index is 789. The topological polar surface area (TPSA) is 59.7 Å². The van der Waals surface area contributed by atoms with Crippen molar-refractivity contribution in [2.75, 3.05) is 31.1 Å². The summed E-state index contributed by atoms with van der Waals surface area (Å²) in [6.45, 7) is 7.14. The van der Waals surface area contributed by atoms with Crippen LogP contribution in [0.3, 0.4) is 0 Å². The number of aromatic nitrogens is 2. The second-order valence-corrected chi connectivity index (χ2v) is 6.18. The predicted molar refractivity (Wildman–Crippen MR) is 89.8 cm³/mol. The second-order valence-electron chi connectivity index (χ2n) is 6.18. The Morgan fingerprint density at radius 2 is 1.92 bits per heavy atom. The number of furan rings is 1. The number of quaternary nitrogens is 1. The minimum Gasteiger partial charge on any atom is -0.459 e. The molecule has 0 radical (unpaired) electrons. The third kappa shape index (κ3) is 3.05. The SMILES string of the molecule is Cc1ccccc1N1CC[NH+](Cc2nnc(-c3ccco3)o2)CC1. The molecule has 6 heteroatoms. The lowest BCUT2D eigenvalue weighted by Crippen LogP contribution is -3.13. The molecule has 0 atom stereocenters. The number of rotatable bonds is 4. The molecule has 1 aromatic carbocycles. The van der Waals surface area contributed by atoms with E-state index < -0.39 is 0 Å². The number of para-hydroxylation sites is 1. The zero-order valence-electron chi connectivity index (χ0n) is 13.7. The highest BCUT2D eigenvalue weighted by Crippen LogP contribution is 2.19. The summed E-state index contributed by atoms with van der Waals surface area (Å²) in [5.74, 6) is 1.74. The zero-order chi connectivity index (χ0) is 16.4. The number of anilines is 1. The van der Waals surface area contributed by atoms with Gasteiger partial charge in [0.1, 0.15) is 0 Å². The minimum absolute atomic E-state index is 0.452. The van der Waals surface area contributed by atoms with E-state index in [4.69, 9.17) is 8.83 Å². The van der Waals surface area contributed by atoms with Crippen molar-refractivity contribution in [3.05, 3.63) is 54.1 Å². The van der Waals surface area contributed by atoms with Gasteiger partial charge in [0.05, 0.1) is 32.4 Å². The van der Waals surface area contributed by atoms with Gasteiger partial charge in [0.2, 0.25) is 0 Å². The van der Waals surface area contributed by atoms with Crippen LogP contribution in [-0.2, 0) is 6.54 Å². The number of benzene rings is 1. The van der Waals surface area contributed by atoms with Crippen molar-refractivity contribution in [1.29, 1.82) is 0 Å². The molecule has 1 N–H and O–H groups in total.